The van der Waals surface area contributed by atoms with Crippen LogP contribution >= 0.6 is 11.3 Å². The molecule has 9 heteroatoms. The fourth-order valence-electron chi connectivity index (χ4n) is 1.80. The van der Waals surface area contributed by atoms with Gasteiger partial charge in [-0.1, -0.05) is 11.3 Å². The van der Waals surface area contributed by atoms with E-state index in [0.717, 1.165) is 23.5 Å². The molecule has 0 unspecified atom stereocenters. The van der Waals surface area contributed by atoms with Gasteiger partial charge >= 0.3 is 0 Å². The minimum Gasteiger partial charge on any atom is -0.436 e. The van der Waals surface area contributed by atoms with Gasteiger partial charge in [-0.15, -0.1) is 0 Å². The van der Waals surface area contributed by atoms with Crippen molar-refractivity contribution in [2.45, 2.75) is 6.92 Å². The van der Waals surface area contributed by atoms with Crippen LogP contribution in [0.4, 0.5) is 19.6 Å². The van der Waals surface area contributed by atoms with Crippen LogP contribution in [0, 0.1) is 11.6 Å². The summed E-state index contributed by atoms with van der Waals surface area (Å²) < 4.78 is 32.3. The van der Waals surface area contributed by atoms with Crippen LogP contribution in [0.1, 0.15) is 6.92 Å². The highest BCUT2D eigenvalue weighted by atomic mass is 32.1. The molecule has 23 heavy (non-hydrogen) atoms. The Morgan fingerprint density at radius 1 is 1.26 bits per heavy atom. The van der Waals surface area contributed by atoms with Gasteiger partial charge in [0, 0.05) is 13.0 Å². The quantitative estimate of drug-likeness (QED) is 0.716. The number of pyridine rings is 1. The summed E-state index contributed by atoms with van der Waals surface area (Å²) in [7, 11) is 0. The van der Waals surface area contributed by atoms with Crippen LogP contribution in [0.3, 0.4) is 0 Å². The number of hydrogen-bond acceptors (Lipinski definition) is 6. The van der Waals surface area contributed by atoms with E-state index in [9.17, 15) is 13.6 Å². The van der Waals surface area contributed by atoms with E-state index in [1.807, 2.05) is 0 Å². The molecule has 0 radical (unpaired) electrons. The number of benzene rings is 1. The van der Waals surface area contributed by atoms with Gasteiger partial charge < -0.3 is 15.8 Å². The third-order valence-electron chi connectivity index (χ3n) is 2.82. The highest BCUT2D eigenvalue weighted by molar-refractivity contribution is 7.21. The average Bonchev–Trinajstić information content (AvgIpc) is 2.88. The van der Waals surface area contributed by atoms with E-state index in [4.69, 9.17) is 10.5 Å². The number of fused-ring (bicyclic) bond motifs is 1. The topological polar surface area (TPSA) is 90.1 Å². The summed E-state index contributed by atoms with van der Waals surface area (Å²) in [6, 6.07) is 5.24. The molecule has 118 valence electrons. The van der Waals surface area contributed by atoms with Crippen molar-refractivity contribution in [1.29, 1.82) is 0 Å². The molecule has 0 fully saturated rings. The van der Waals surface area contributed by atoms with Crippen molar-refractivity contribution < 1.29 is 18.3 Å². The average molecular weight is 336 g/mol. The van der Waals surface area contributed by atoms with E-state index in [0.29, 0.717) is 15.5 Å². The highest BCUT2D eigenvalue weighted by Gasteiger charge is 2.14. The van der Waals surface area contributed by atoms with Crippen molar-refractivity contribution in [3.05, 3.63) is 35.9 Å². The Morgan fingerprint density at radius 3 is 2.78 bits per heavy atom. The van der Waals surface area contributed by atoms with E-state index < -0.39 is 17.3 Å². The summed E-state index contributed by atoms with van der Waals surface area (Å²) in [6.45, 7) is 1.37. The second kappa shape index (κ2) is 5.76. The number of hydrogen-bond donors (Lipinski definition) is 2. The number of thiazole rings is 1. The van der Waals surface area contributed by atoms with Gasteiger partial charge in [0.2, 0.25) is 11.8 Å². The lowest BCUT2D eigenvalue weighted by Crippen LogP contribution is -2.04. The lowest BCUT2D eigenvalue weighted by molar-refractivity contribution is -0.114. The van der Waals surface area contributed by atoms with Gasteiger partial charge in [-0.3, -0.25) is 4.79 Å². The molecule has 3 aromatic rings. The molecular formula is C14H10F2N4O2S. The molecular weight excluding hydrogens is 326 g/mol. The van der Waals surface area contributed by atoms with Crippen LogP contribution < -0.4 is 15.8 Å². The predicted octanol–water partition coefficient (Wildman–Crippen LogP) is 3.30. The van der Waals surface area contributed by atoms with Gasteiger partial charge in [0.15, 0.2) is 16.7 Å². The van der Waals surface area contributed by atoms with Gasteiger partial charge in [0.25, 0.3) is 0 Å². The first kappa shape index (κ1) is 15.1. The zero-order valence-corrected chi connectivity index (χ0v) is 12.6. The molecule has 0 bridgehead atoms. The van der Waals surface area contributed by atoms with E-state index in [1.165, 1.54) is 13.0 Å². The Bertz CT molecular complexity index is 913. The van der Waals surface area contributed by atoms with Crippen molar-refractivity contribution in [2.75, 3.05) is 11.1 Å². The van der Waals surface area contributed by atoms with Crippen molar-refractivity contribution in [2.24, 2.45) is 0 Å². The standard InChI is InChI=1S/C14H10F2N4O2S/c1-6(21)18-14-19-8-3-5-10(20-13(8)23-14)22-9-4-2-7(15)12(17)11(9)16/h2-5H,17H2,1H3,(H,18,19,21). The molecule has 2 aromatic heterocycles. The van der Waals surface area contributed by atoms with Crippen LogP contribution in [-0.4, -0.2) is 15.9 Å². The normalized spacial score (nSPS) is 10.7. The number of nitrogen functional groups attached to an aromatic ring is 1. The molecule has 3 rings (SSSR count). The van der Waals surface area contributed by atoms with Crippen molar-refractivity contribution >= 4 is 38.4 Å². The first-order chi connectivity index (χ1) is 10.9. The number of carbonyl (C=O) groups excluding carboxylic acids is 1. The molecule has 0 saturated heterocycles. The Morgan fingerprint density at radius 2 is 2.04 bits per heavy atom. The zero-order valence-electron chi connectivity index (χ0n) is 11.8. The molecule has 0 aliphatic rings. The Balaban J connectivity index is 1.92. The monoisotopic (exact) mass is 336 g/mol. The molecule has 1 amide bonds. The molecule has 0 spiro atoms. The Kier molecular flexibility index (Phi) is 3.78. The van der Waals surface area contributed by atoms with E-state index in [-0.39, 0.29) is 17.5 Å². The predicted molar refractivity (Wildman–Crippen MR) is 82.6 cm³/mol. The maximum Gasteiger partial charge on any atom is 0.223 e. The fraction of sp³-hybridized carbons (Fsp3) is 0.0714. The van der Waals surface area contributed by atoms with Crippen LogP contribution in [0.25, 0.3) is 10.3 Å². The number of halogens is 2. The maximum atomic E-state index is 13.8. The molecule has 0 saturated carbocycles. The molecule has 2 heterocycles. The number of ether oxygens (including phenoxy) is 1. The smallest absolute Gasteiger partial charge is 0.223 e. The van der Waals surface area contributed by atoms with Gasteiger partial charge in [-0.25, -0.2) is 18.7 Å². The fourth-order valence-corrected chi connectivity index (χ4v) is 2.68. The molecule has 0 aliphatic heterocycles. The second-order valence-electron chi connectivity index (χ2n) is 4.55. The van der Waals surface area contributed by atoms with E-state index >= 15 is 0 Å². The summed E-state index contributed by atoms with van der Waals surface area (Å²) in [5.74, 6) is -2.23. The minimum atomic E-state index is -0.991. The summed E-state index contributed by atoms with van der Waals surface area (Å²) >= 11 is 1.15. The number of anilines is 2. The van der Waals surface area contributed by atoms with Crippen LogP contribution in [0.2, 0.25) is 0 Å². The third-order valence-corrected chi connectivity index (χ3v) is 3.70. The Hall–Kier alpha value is -2.81. The lowest BCUT2D eigenvalue weighted by Gasteiger charge is -2.07. The molecule has 6 nitrogen and oxygen atoms in total. The first-order valence-corrected chi connectivity index (χ1v) is 7.22. The molecule has 3 N–H and O–H groups in total. The van der Waals surface area contributed by atoms with Crippen LogP contribution in [0.5, 0.6) is 11.6 Å². The Labute approximate surface area is 132 Å². The number of nitrogens with two attached hydrogens (primary N) is 1. The molecule has 1 aromatic carbocycles. The third kappa shape index (κ3) is 3.04. The minimum absolute atomic E-state index is 0.0976. The van der Waals surface area contributed by atoms with Gasteiger partial charge in [-0.05, 0) is 18.2 Å². The number of carbonyl (C=O) groups is 1. The van der Waals surface area contributed by atoms with Crippen LogP contribution in [0.15, 0.2) is 24.3 Å². The second-order valence-corrected chi connectivity index (χ2v) is 5.53. The first-order valence-electron chi connectivity index (χ1n) is 6.40. The van der Waals surface area contributed by atoms with E-state index in [2.05, 4.69) is 15.3 Å². The van der Waals surface area contributed by atoms with Gasteiger partial charge in [0.05, 0.1) is 0 Å². The number of nitrogens with one attached hydrogen (secondary N) is 1. The largest absolute Gasteiger partial charge is 0.436 e. The van der Waals surface area contributed by atoms with Crippen molar-refractivity contribution in [3.63, 3.8) is 0 Å². The molecule has 0 aliphatic carbocycles. The van der Waals surface area contributed by atoms with Gasteiger partial charge in [0.1, 0.15) is 21.9 Å². The van der Waals surface area contributed by atoms with Crippen molar-refractivity contribution in [3.8, 4) is 11.6 Å². The number of amides is 1. The van der Waals surface area contributed by atoms with E-state index in [1.54, 1.807) is 6.07 Å². The molecule has 0 atom stereocenters. The highest BCUT2D eigenvalue weighted by Crippen LogP contribution is 2.31. The number of rotatable bonds is 3. The lowest BCUT2D eigenvalue weighted by atomic mass is 10.3. The summed E-state index contributed by atoms with van der Waals surface area (Å²) in [5.41, 5.74) is 5.22. The summed E-state index contributed by atoms with van der Waals surface area (Å²) in [4.78, 5) is 19.9. The zero-order chi connectivity index (χ0) is 16.6. The van der Waals surface area contributed by atoms with Crippen LogP contribution in [-0.2, 0) is 4.79 Å². The maximum absolute atomic E-state index is 13.8. The van der Waals surface area contributed by atoms with Crippen molar-refractivity contribution in [1.82, 2.24) is 9.97 Å². The SMILES string of the molecule is CC(=O)Nc1nc2ccc(Oc3ccc(F)c(N)c3F)nc2s1. The van der Waals surface area contributed by atoms with Gasteiger partial charge in [-0.2, -0.15) is 0 Å². The number of nitrogens with zero attached hydrogens (tertiary/aromatic N) is 2. The summed E-state index contributed by atoms with van der Waals surface area (Å²) in [5, 5.41) is 2.95. The number of aromatic nitrogens is 2. The summed E-state index contributed by atoms with van der Waals surface area (Å²) in [6.07, 6.45) is 0.